The van der Waals surface area contributed by atoms with Crippen LogP contribution in [0.1, 0.15) is 48.9 Å². The molecule has 184 valence electrons. The molecule has 3 aliphatic rings. The van der Waals surface area contributed by atoms with Crippen molar-refractivity contribution in [3.05, 3.63) is 42.1 Å². The van der Waals surface area contributed by atoms with Crippen LogP contribution in [0.3, 0.4) is 0 Å². The number of hydrogen-bond donors (Lipinski definition) is 1. The number of nitrogens with zero attached hydrogens (tertiary/aromatic N) is 5. The molecular weight excluding hydrogens is 447 g/mol. The number of likely N-dealkylation sites (tertiary alicyclic amines) is 1. The maximum atomic E-state index is 13.5. The van der Waals surface area contributed by atoms with Crippen LogP contribution in [0.2, 0.25) is 0 Å². The van der Waals surface area contributed by atoms with Crippen LogP contribution >= 0.6 is 0 Å². The molecule has 2 N–H and O–H groups in total. The molecule has 1 aromatic carbocycles. The minimum atomic E-state index is -0.493. The van der Waals surface area contributed by atoms with E-state index in [0.29, 0.717) is 17.9 Å². The molecule has 1 aromatic heterocycles. The van der Waals surface area contributed by atoms with Gasteiger partial charge >= 0.3 is 0 Å². The number of benzene rings is 1. The molecule has 8 nitrogen and oxygen atoms in total. The zero-order chi connectivity index (χ0) is 24.5. The third kappa shape index (κ3) is 4.86. The molecule has 1 spiro atoms. The second kappa shape index (κ2) is 9.51. The topological polar surface area (TPSA) is 108 Å². The van der Waals surface area contributed by atoms with Crippen molar-refractivity contribution in [2.45, 2.75) is 44.6 Å². The van der Waals surface area contributed by atoms with E-state index >= 15 is 0 Å². The van der Waals surface area contributed by atoms with Crippen molar-refractivity contribution in [1.29, 1.82) is 5.26 Å². The van der Waals surface area contributed by atoms with Crippen molar-refractivity contribution < 1.29 is 13.9 Å². The number of ether oxygens (including phenoxy) is 1. The van der Waals surface area contributed by atoms with E-state index in [2.05, 4.69) is 25.8 Å². The average Bonchev–Trinajstić information content (AvgIpc) is 2.86. The first kappa shape index (κ1) is 23.6. The van der Waals surface area contributed by atoms with Gasteiger partial charge in [0, 0.05) is 31.1 Å². The Morgan fingerprint density at radius 3 is 2.63 bits per heavy atom. The largest absolute Gasteiger partial charge is 0.451 e. The van der Waals surface area contributed by atoms with Crippen molar-refractivity contribution in [2.24, 2.45) is 16.6 Å². The first-order valence-electron chi connectivity index (χ1n) is 12.3. The quantitative estimate of drug-likeness (QED) is 0.628. The van der Waals surface area contributed by atoms with Gasteiger partial charge in [-0.3, -0.25) is 4.79 Å². The Morgan fingerprint density at radius 1 is 1.20 bits per heavy atom. The third-order valence-corrected chi connectivity index (χ3v) is 8.00. The fourth-order valence-electron chi connectivity index (χ4n) is 5.78. The second-order valence-electron chi connectivity index (χ2n) is 10.5. The average molecular weight is 479 g/mol. The highest BCUT2D eigenvalue weighted by atomic mass is 19.1. The van der Waals surface area contributed by atoms with Gasteiger partial charge in [-0.25, -0.2) is 14.4 Å². The molecule has 0 radical (unpaired) electrons. The van der Waals surface area contributed by atoms with Crippen LogP contribution in [0.4, 0.5) is 10.2 Å². The van der Waals surface area contributed by atoms with Gasteiger partial charge in [0.15, 0.2) is 17.9 Å². The zero-order valence-corrected chi connectivity index (χ0v) is 19.8. The van der Waals surface area contributed by atoms with Gasteiger partial charge in [0.2, 0.25) is 0 Å². The monoisotopic (exact) mass is 478 g/mol. The first-order valence-corrected chi connectivity index (χ1v) is 12.3. The molecule has 0 bridgehead atoms. The molecule has 9 heteroatoms. The minimum absolute atomic E-state index is 0.141. The predicted molar refractivity (Wildman–Crippen MR) is 129 cm³/mol. The number of nitrogens with two attached hydrogens (primary N) is 1. The molecule has 35 heavy (non-hydrogen) atoms. The van der Waals surface area contributed by atoms with Crippen LogP contribution in [-0.2, 0) is 0 Å². The number of aldehydes is 1. The van der Waals surface area contributed by atoms with E-state index in [9.17, 15) is 14.4 Å². The molecule has 5 rings (SSSR count). The Balaban J connectivity index is 1.20. The van der Waals surface area contributed by atoms with Gasteiger partial charge in [-0.1, -0.05) is 0 Å². The number of piperidine rings is 1. The number of rotatable bonds is 6. The molecule has 2 aliphatic heterocycles. The van der Waals surface area contributed by atoms with Gasteiger partial charge < -0.3 is 20.3 Å². The lowest BCUT2D eigenvalue weighted by atomic mass is 9.70. The molecule has 0 atom stereocenters. The van der Waals surface area contributed by atoms with E-state index in [0.717, 1.165) is 77.3 Å². The van der Waals surface area contributed by atoms with Gasteiger partial charge in [-0.05, 0) is 69.8 Å². The van der Waals surface area contributed by atoms with Gasteiger partial charge in [-0.15, -0.1) is 0 Å². The molecule has 2 aromatic rings. The zero-order valence-electron chi connectivity index (χ0n) is 19.8. The number of carbonyl (C=O) groups excluding carboxylic acids is 1. The standard InChI is InChI=1S/C26H31FN6O2/c27-20-1-2-22(19(11-20)13-34)35-23-12-30-18-31-24(23)33-16-26(17-33)7-9-32(10-8-26)15-25(14-28)5-3-21(29)4-6-25/h1-2,11-13,18,21H,3-10,15-17,29H2. The summed E-state index contributed by atoms with van der Waals surface area (Å²) in [7, 11) is 0. The summed E-state index contributed by atoms with van der Waals surface area (Å²) in [5, 5.41) is 9.87. The summed E-state index contributed by atoms with van der Waals surface area (Å²) in [6, 6.07) is 6.72. The lowest BCUT2D eigenvalue weighted by Gasteiger charge is -2.55. The third-order valence-electron chi connectivity index (χ3n) is 8.00. The fourth-order valence-corrected chi connectivity index (χ4v) is 5.78. The summed E-state index contributed by atoms with van der Waals surface area (Å²) in [4.78, 5) is 24.5. The van der Waals surface area contributed by atoms with E-state index in [1.165, 1.54) is 18.5 Å². The maximum absolute atomic E-state index is 13.5. The summed E-state index contributed by atoms with van der Waals surface area (Å²) in [6.45, 7) is 4.58. The molecule has 3 fully saturated rings. The van der Waals surface area contributed by atoms with Crippen LogP contribution in [-0.4, -0.2) is 59.9 Å². The van der Waals surface area contributed by atoms with Crippen LogP contribution in [0.25, 0.3) is 0 Å². The number of carbonyl (C=O) groups is 1. The van der Waals surface area contributed by atoms with Crippen LogP contribution in [0, 0.1) is 28.0 Å². The van der Waals surface area contributed by atoms with Gasteiger partial charge in [0.25, 0.3) is 0 Å². The Labute approximate surface area is 204 Å². The highest BCUT2D eigenvalue weighted by Gasteiger charge is 2.47. The summed E-state index contributed by atoms with van der Waals surface area (Å²) < 4.78 is 19.4. The van der Waals surface area contributed by atoms with Gasteiger partial charge in [0.1, 0.15) is 17.9 Å². The Bertz CT molecular complexity index is 1110. The van der Waals surface area contributed by atoms with E-state index in [1.807, 2.05) is 0 Å². The molecule has 0 amide bonds. The number of halogens is 1. The van der Waals surface area contributed by atoms with Gasteiger partial charge in [-0.2, -0.15) is 5.26 Å². The Kier molecular flexibility index (Phi) is 6.43. The van der Waals surface area contributed by atoms with Crippen LogP contribution in [0.15, 0.2) is 30.7 Å². The Morgan fingerprint density at radius 2 is 1.94 bits per heavy atom. The van der Waals surface area contributed by atoms with E-state index < -0.39 is 5.82 Å². The second-order valence-corrected chi connectivity index (χ2v) is 10.5. The van der Waals surface area contributed by atoms with Crippen molar-refractivity contribution in [2.75, 3.05) is 37.6 Å². The highest BCUT2D eigenvalue weighted by Crippen LogP contribution is 2.46. The van der Waals surface area contributed by atoms with Gasteiger partial charge in [0.05, 0.1) is 23.2 Å². The smallest absolute Gasteiger partial charge is 0.188 e. The van der Waals surface area contributed by atoms with Crippen LogP contribution < -0.4 is 15.4 Å². The van der Waals surface area contributed by atoms with Crippen molar-refractivity contribution in [1.82, 2.24) is 14.9 Å². The summed E-state index contributed by atoms with van der Waals surface area (Å²) in [6.07, 6.45) is 9.48. The summed E-state index contributed by atoms with van der Waals surface area (Å²) in [5.74, 6) is 0.904. The molecule has 1 saturated carbocycles. The lowest BCUT2D eigenvalue weighted by Crippen LogP contribution is -2.61. The number of anilines is 1. The molecule has 0 unspecified atom stereocenters. The van der Waals surface area contributed by atoms with Crippen molar-refractivity contribution in [3.8, 4) is 17.6 Å². The Hall–Kier alpha value is -3.09. The molecule has 1 aliphatic carbocycles. The maximum Gasteiger partial charge on any atom is 0.188 e. The van der Waals surface area contributed by atoms with Crippen LogP contribution in [0.5, 0.6) is 11.5 Å². The normalized spacial score (nSPS) is 26.1. The highest BCUT2D eigenvalue weighted by molar-refractivity contribution is 5.79. The van der Waals surface area contributed by atoms with E-state index in [4.69, 9.17) is 10.5 Å². The number of nitriles is 1. The van der Waals surface area contributed by atoms with E-state index in [-0.39, 0.29) is 28.2 Å². The SMILES string of the molecule is N#CC1(CN2CCC3(CC2)CN(c2ncncc2Oc2ccc(F)cc2C=O)C3)CCC(N)CC1. The predicted octanol–water partition coefficient (Wildman–Crippen LogP) is 3.53. The molecule has 2 saturated heterocycles. The summed E-state index contributed by atoms with van der Waals surface area (Å²) >= 11 is 0. The summed E-state index contributed by atoms with van der Waals surface area (Å²) in [5.41, 5.74) is 6.19. The minimum Gasteiger partial charge on any atom is -0.451 e. The fraction of sp³-hybridized carbons (Fsp3) is 0.538. The number of aromatic nitrogens is 2. The van der Waals surface area contributed by atoms with Crippen molar-refractivity contribution >= 4 is 12.1 Å². The number of hydrogen-bond acceptors (Lipinski definition) is 8. The van der Waals surface area contributed by atoms with Crippen molar-refractivity contribution in [3.63, 3.8) is 0 Å². The lowest BCUT2D eigenvalue weighted by molar-refractivity contribution is 0.0491. The van der Waals surface area contributed by atoms with E-state index in [1.54, 1.807) is 6.20 Å². The first-order chi connectivity index (χ1) is 16.9. The molecule has 3 heterocycles. The molecular formula is C26H31FN6O2.